The van der Waals surface area contributed by atoms with Gasteiger partial charge in [0.1, 0.15) is 11.6 Å². The maximum atomic E-state index is 12.8. The molecule has 1 fully saturated rings. The number of ether oxygens (including phenoxy) is 1. The van der Waals surface area contributed by atoms with Crippen molar-refractivity contribution in [1.82, 2.24) is 5.32 Å². The highest BCUT2D eigenvalue weighted by molar-refractivity contribution is 5.85. The Morgan fingerprint density at radius 2 is 2.33 bits per heavy atom. The Morgan fingerprint density at radius 1 is 1.47 bits per heavy atom. The number of benzene rings is 1. The molecule has 1 aromatic carbocycles. The summed E-state index contributed by atoms with van der Waals surface area (Å²) in [5.41, 5.74) is 0. The van der Waals surface area contributed by atoms with Gasteiger partial charge in [0.2, 0.25) is 0 Å². The van der Waals surface area contributed by atoms with Crippen LogP contribution in [0.5, 0.6) is 5.75 Å². The van der Waals surface area contributed by atoms with Gasteiger partial charge < -0.3 is 10.1 Å². The second-order valence-corrected chi connectivity index (χ2v) is 3.63. The molecule has 1 atom stereocenters. The second-order valence-electron chi connectivity index (χ2n) is 3.63. The van der Waals surface area contributed by atoms with Crippen LogP contribution in [-0.2, 0) is 0 Å². The van der Waals surface area contributed by atoms with Crippen LogP contribution in [0.2, 0.25) is 0 Å². The normalized spacial score (nSPS) is 19.7. The Balaban J connectivity index is 0.00000112. The van der Waals surface area contributed by atoms with Crippen molar-refractivity contribution >= 4 is 12.4 Å². The van der Waals surface area contributed by atoms with E-state index in [1.807, 2.05) is 0 Å². The van der Waals surface area contributed by atoms with E-state index in [-0.39, 0.29) is 18.2 Å². The average molecular weight is 232 g/mol. The zero-order valence-electron chi connectivity index (χ0n) is 8.41. The van der Waals surface area contributed by atoms with Crippen molar-refractivity contribution in [2.45, 2.75) is 6.42 Å². The molecule has 4 heteroatoms. The van der Waals surface area contributed by atoms with Crippen molar-refractivity contribution in [3.05, 3.63) is 30.1 Å². The molecular formula is C11H15ClFNO. The van der Waals surface area contributed by atoms with E-state index in [2.05, 4.69) is 5.32 Å². The molecular weight excluding hydrogens is 217 g/mol. The van der Waals surface area contributed by atoms with Crippen LogP contribution in [0.3, 0.4) is 0 Å². The number of rotatable bonds is 3. The van der Waals surface area contributed by atoms with E-state index in [9.17, 15) is 4.39 Å². The van der Waals surface area contributed by atoms with E-state index in [1.165, 1.54) is 12.1 Å². The summed E-state index contributed by atoms with van der Waals surface area (Å²) < 4.78 is 18.3. The Labute approximate surface area is 95.2 Å². The van der Waals surface area contributed by atoms with Crippen LogP contribution in [0.4, 0.5) is 4.39 Å². The summed E-state index contributed by atoms with van der Waals surface area (Å²) in [6.45, 7) is 2.75. The van der Waals surface area contributed by atoms with Gasteiger partial charge in [-0.2, -0.15) is 0 Å². The van der Waals surface area contributed by atoms with E-state index in [1.54, 1.807) is 12.1 Å². The van der Waals surface area contributed by atoms with Gasteiger partial charge in [0.25, 0.3) is 0 Å². The van der Waals surface area contributed by atoms with Gasteiger partial charge in [0.05, 0.1) is 6.61 Å². The summed E-state index contributed by atoms with van der Waals surface area (Å²) in [6.07, 6.45) is 1.15. The molecule has 1 aromatic rings. The molecule has 0 radical (unpaired) electrons. The molecule has 1 heterocycles. The van der Waals surface area contributed by atoms with Crippen LogP contribution in [-0.4, -0.2) is 19.7 Å². The first kappa shape index (κ1) is 12.3. The fourth-order valence-corrected chi connectivity index (χ4v) is 1.63. The fourth-order valence-electron chi connectivity index (χ4n) is 1.63. The van der Waals surface area contributed by atoms with Gasteiger partial charge in [0.15, 0.2) is 0 Å². The molecule has 1 N–H and O–H groups in total. The first-order chi connectivity index (χ1) is 6.84. The minimum Gasteiger partial charge on any atom is -0.493 e. The van der Waals surface area contributed by atoms with Gasteiger partial charge >= 0.3 is 0 Å². The summed E-state index contributed by atoms with van der Waals surface area (Å²) in [6, 6.07) is 6.29. The first-order valence-corrected chi connectivity index (χ1v) is 4.94. The lowest BCUT2D eigenvalue weighted by molar-refractivity contribution is 0.259. The van der Waals surface area contributed by atoms with Crippen molar-refractivity contribution in [1.29, 1.82) is 0 Å². The molecule has 2 rings (SSSR count). The number of hydrogen-bond donors (Lipinski definition) is 1. The van der Waals surface area contributed by atoms with Gasteiger partial charge in [-0.3, -0.25) is 0 Å². The molecule has 2 nitrogen and oxygen atoms in total. The summed E-state index contributed by atoms with van der Waals surface area (Å²) >= 11 is 0. The molecule has 0 bridgehead atoms. The van der Waals surface area contributed by atoms with Crippen LogP contribution in [0, 0.1) is 11.7 Å². The summed E-state index contributed by atoms with van der Waals surface area (Å²) in [5.74, 6) is 0.946. The van der Waals surface area contributed by atoms with E-state index < -0.39 is 0 Å². The van der Waals surface area contributed by atoms with E-state index in [0.717, 1.165) is 19.5 Å². The number of nitrogens with one attached hydrogen (secondary N) is 1. The predicted octanol–water partition coefficient (Wildman–Crippen LogP) is 2.24. The van der Waals surface area contributed by atoms with Crippen LogP contribution < -0.4 is 10.1 Å². The molecule has 15 heavy (non-hydrogen) atoms. The standard InChI is InChI=1S/C11H14FNO.ClH/c12-10-2-1-3-11(6-10)14-8-9-4-5-13-7-9;/h1-3,6,9,13H,4-5,7-8H2;1H. The maximum Gasteiger partial charge on any atom is 0.126 e. The lowest BCUT2D eigenvalue weighted by Gasteiger charge is -2.10. The van der Waals surface area contributed by atoms with Crippen molar-refractivity contribution in [2.75, 3.05) is 19.7 Å². The number of hydrogen-bond acceptors (Lipinski definition) is 2. The molecule has 1 aliphatic rings. The van der Waals surface area contributed by atoms with Crippen molar-refractivity contribution in [3.63, 3.8) is 0 Å². The van der Waals surface area contributed by atoms with Gasteiger partial charge in [-0.25, -0.2) is 4.39 Å². The highest BCUT2D eigenvalue weighted by Crippen LogP contribution is 2.15. The molecule has 0 saturated carbocycles. The SMILES string of the molecule is Cl.Fc1cccc(OCC2CCNC2)c1. The zero-order valence-corrected chi connectivity index (χ0v) is 9.23. The smallest absolute Gasteiger partial charge is 0.126 e. The molecule has 0 amide bonds. The van der Waals surface area contributed by atoms with Gasteiger partial charge in [-0.05, 0) is 25.1 Å². The first-order valence-electron chi connectivity index (χ1n) is 4.94. The second kappa shape index (κ2) is 5.93. The van der Waals surface area contributed by atoms with Gasteiger partial charge in [-0.1, -0.05) is 6.07 Å². The third-order valence-electron chi connectivity index (χ3n) is 2.44. The largest absolute Gasteiger partial charge is 0.493 e. The van der Waals surface area contributed by atoms with Crippen LogP contribution in [0.1, 0.15) is 6.42 Å². The summed E-state index contributed by atoms with van der Waals surface area (Å²) in [7, 11) is 0. The zero-order chi connectivity index (χ0) is 9.80. The molecule has 0 aromatic heterocycles. The highest BCUT2D eigenvalue weighted by atomic mass is 35.5. The van der Waals surface area contributed by atoms with Crippen molar-refractivity contribution in [3.8, 4) is 5.75 Å². The average Bonchev–Trinajstić information content (AvgIpc) is 2.67. The molecule has 1 saturated heterocycles. The minimum absolute atomic E-state index is 0. The number of halogens is 2. The van der Waals surface area contributed by atoms with E-state index in [4.69, 9.17) is 4.74 Å². The third kappa shape index (κ3) is 3.68. The summed E-state index contributed by atoms with van der Waals surface area (Å²) in [4.78, 5) is 0. The van der Waals surface area contributed by atoms with Gasteiger partial charge in [0, 0.05) is 18.5 Å². The monoisotopic (exact) mass is 231 g/mol. The quantitative estimate of drug-likeness (QED) is 0.862. The Bertz CT molecular complexity index is 302. The minimum atomic E-state index is -0.243. The van der Waals surface area contributed by atoms with E-state index in [0.29, 0.717) is 18.3 Å². The topological polar surface area (TPSA) is 21.3 Å². The van der Waals surface area contributed by atoms with Crippen LogP contribution in [0.25, 0.3) is 0 Å². The lowest BCUT2D eigenvalue weighted by Crippen LogP contribution is -2.15. The fraction of sp³-hybridized carbons (Fsp3) is 0.455. The maximum absolute atomic E-state index is 12.8. The van der Waals surface area contributed by atoms with Crippen LogP contribution >= 0.6 is 12.4 Å². The summed E-state index contributed by atoms with van der Waals surface area (Å²) in [5, 5.41) is 3.27. The molecule has 0 spiro atoms. The van der Waals surface area contributed by atoms with Crippen molar-refractivity contribution in [2.24, 2.45) is 5.92 Å². The Kier molecular flexibility index (Phi) is 4.85. The molecule has 1 aliphatic heterocycles. The van der Waals surface area contributed by atoms with Crippen molar-refractivity contribution < 1.29 is 9.13 Å². The Morgan fingerprint density at radius 3 is 3.00 bits per heavy atom. The molecule has 84 valence electrons. The third-order valence-corrected chi connectivity index (χ3v) is 2.44. The highest BCUT2D eigenvalue weighted by Gasteiger charge is 2.14. The van der Waals surface area contributed by atoms with Gasteiger partial charge in [-0.15, -0.1) is 12.4 Å². The molecule has 0 aliphatic carbocycles. The lowest BCUT2D eigenvalue weighted by atomic mass is 10.1. The molecule has 1 unspecified atom stereocenters. The van der Waals surface area contributed by atoms with E-state index >= 15 is 0 Å². The van der Waals surface area contributed by atoms with Crippen LogP contribution in [0.15, 0.2) is 24.3 Å². The predicted molar refractivity (Wildman–Crippen MR) is 60.1 cm³/mol. The Hall–Kier alpha value is -0.800.